The van der Waals surface area contributed by atoms with Crippen molar-refractivity contribution in [2.24, 2.45) is 0 Å². The Hall–Kier alpha value is -2.09. The lowest BCUT2D eigenvalue weighted by Gasteiger charge is -2.16. The fourth-order valence-electron chi connectivity index (χ4n) is 3.02. The van der Waals surface area contributed by atoms with Crippen LogP contribution in [0.15, 0.2) is 34.1 Å². The minimum absolute atomic E-state index is 0.109. The van der Waals surface area contributed by atoms with Gasteiger partial charge < -0.3 is 19.7 Å². The molecule has 0 amide bonds. The van der Waals surface area contributed by atoms with Crippen LogP contribution in [0.25, 0.3) is 0 Å². The quantitative estimate of drug-likeness (QED) is 0.715. The summed E-state index contributed by atoms with van der Waals surface area (Å²) in [4.78, 5) is 0.383. The Morgan fingerprint density at radius 3 is 1.26 bits per heavy atom. The highest BCUT2D eigenvalue weighted by molar-refractivity contribution is 7.91. The van der Waals surface area contributed by atoms with Gasteiger partial charge in [0.2, 0.25) is 9.84 Å². The van der Waals surface area contributed by atoms with Crippen LogP contribution in [0.5, 0.6) is 11.5 Å². The normalized spacial score (nSPS) is 11.5. The number of aliphatic hydroxyl groups excluding tert-OH is 2. The van der Waals surface area contributed by atoms with Crippen LogP contribution in [0.1, 0.15) is 22.3 Å². The molecule has 0 radical (unpaired) electrons. The number of hydrogen-bond donors (Lipinski definition) is 2. The molecule has 0 heterocycles. The Morgan fingerprint density at radius 2 is 1.00 bits per heavy atom. The molecule has 2 aromatic carbocycles. The van der Waals surface area contributed by atoms with Gasteiger partial charge in [0, 0.05) is 0 Å². The maximum Gasteiger partial charge on any atom is 0.206 e. The third-order valence-electron chi connectivity index (χ3n) is 4.16. The zero-order valence-electron chi connectivity index (χ0n) is 16.1. The van der Waals surface area contributed by atoms with Gasteiger partial charge in [-0.2, -0.15) is 0 Å². The minimum atomic E-state index is -3.71. The summed E-state index contributed by atoms with van der Waals surface area (Å²) in [5.41, 5.74) is 2.77. The molecular formula is C20H26O6S. The topological polar surface area (TPSA) is 93.1 Å². The minimum Gasteiger partial charge on any atom is -0.491 e. The number of ether oxygens (including phenoxy) is 2. The standard InChI is InChI=1S/C20H26O6S/c1-13-9-17(10-14(2)19(13)25-7-5-21)27(23,24)18-11-15(3)20(16(4)12-18)26-8-6-22/h9-12,21-22H,5-8H2,1-4H3. The first kappa shape index (κ1) is 21.2. The van der Waals surface area contributed by atoms with E-state index < -0.39 is 9.84 Å². The first-order chi connectivity index (χ1) is 12.7. The smallest absolute Gasteiger partial charge is 0.206 e. The molecule has 148 valence electrons. The molecule has 0 unspecified atom stereocenters. The van der Waals surface area contributed by atoms with Gasteiger partial charge >= 0.3 is 0 Å². The maximum absolute atomic E-state index is 13.1. The maximum atomic E-state index is 13.1. The van der Waals surface area contributed by atoms with Gasteiger partial charge in [0.25, 0.3) is 0 Å². The molecule has 0 fully saturated rings. The fraction of sp³-hybridized carbons (Fsp3) is 0.400. The Bertz CT molecular complexity index is 803. The summed E-state index contributed by atoms with van der Waals surface area (Å²) in [7, 11) is -3.71. The van der Waals surface area contributed by atoms with Crippen LogP contribution in [-0.4, -0.2) is 45.1 Å². The molecule has 2 rings (SSSR count). The Balaban J connectivity index is 2.47. The number of rotatable bonds is 8. The molecule has 0 aliphatic rings. The molecular weight excluding hydrogens is 368 g/mol. The average molecular weight is 394 g/mol. The zero-order chi connectivity index (χ0) is 20.2. The molecule has 2 N–H and O–H groups in total. The lowest BCUT2D eigenvalue weighted by atomic mass is 10.1. The van der Waals surface area contributed by atoms with Crippen LogP contribution >= 0.6 is 0 Å². The van der Waals surface area contributed by atoms with Crippen molar-refractivity contribution in [3.63, 3.8) is 0 Å². The zero-order valence-corrected chi connectivity index (χ0v) is 16.9. The summed E-state index contributed by atoms with van der Waals surface area (Å²) < 4.78 is 37.3. The van der Waals surface area contributed by atoms with E-state index in [4.69, 9.17) is 19.7 Å². The van der Waals surface area contributed by atoms with Crippen LogP contribution in [0.3, 0.4) is 0 Å². The van der Waals surface area contributed by atoms with Gasteiger partial charge in [0.1, 0.15) is 24.7 Å². The van der Waals surface area contributed by atoms with Crippen molar-refractivity contribution in [3.8, 4) is 11.5 Å². The number of aliphatic hydroxyl groups is 2. The predicted octanol–water partition coefficient (Wildman–Crippen LogP) is 2.50. The van der Waals surface area contributed by atoms with E-state index in [1.807, 2.05) is 0 Å². The molecule has 0 aliphatic heterocycles. The third-order valence-corrected chi connectivity index (χ3v) is 5.88. The number of hydrogen-bond acceptors (Lipinski definition) is 6. The van der Waals surface area contributed by atoms with Gasteiger partial charge in [-0.15, -0.1) is 0 Å². The van der Waals surface area contributed by atoms with E-state index in [1.165, 1.54) is 0 Å². The Kier molecular flexibility index (Phi) is 6.86. The van der Waals surface area contributed by atoms with E-state index in [0.717, 1.165) is 0 Å². The number of sulfone groups is 1. The van der Waals surface area contributed by atoms with Gasteiger partial charge in [-0.3, -0.25) is 0 Å². The average Bonchev–Trinajstić information content (AvgIpc) is 2.60. The van der Waals surface area contributed by atoms with E-state index >= 15 is 0 Å². The molecule has 0 aromatic heterocycles. The van der Waals surface area contributed by atoms with Gasteiger partial charge in [-0.1, -0.05) is 0 Å². The van der Waals surface area contributed by atoms with Crippen molar-refractivity contribution in [3.05, 3.63) is 46.5 Å². The van der Waals surface area contributed by atoms with Crippen molar-refractivity contribution in [2.45, 2.75) is 37.5 Å². The van der Waals surface area contributed by atoms with Gasteiger partial charge in [-0.25, -0.2) is 8.42 Å². The SMILES string of the molecule is Cc1cc(S(=O)(=O)c2cc(C)c(OCCO)c(C)c2)cc(C)c1OCCO. The monoisotopic (exact) mass is 394 g/mol. The molecule has 7 heteroatoms. The summed E-state index contributed by atoms with van der Waals surface area (Å²) in [5.74, 6) is 1.17. The van der Waals surface area contributed by atoms with Crippen LogP contribution in [-0.2, 0) is 9.84 Å². The van der Waals surface area contributed by atoms with Crippen LogP contribution in [0, 0.1) is 27.7 Å². The second-order valence-electron chi connectivity index (χ2n) is 6.42. The van der Waals surface area contributed by atoms with Crippen molar-refractivity contribution < 1.29 is 28.1 Å². The lowest BCUT2D eigenvalue weighted by Crippen LogP contribution is -2.09. The highest BCUT2D eigenvalue weighted by Gasteiger charge is 2.22. The molecule has 0 spiro atoms. The molecule has 6 nitrogen and oxygen atoms in total. The highest BCUT2D eigenvalue weighted by Crippen LogP contribution is 2.33. The second kappa shape index (κ2) is 8.73. The van der Waals surface area contributed by atoms with Gasteiger partial charge in [-0.05, 0) is 74.2 Å². The van der Waals surface area contributed by atoms with E-state index in [0.29, 0.717) is 33.8 Å². The molecule has 0 bridgehead atoms. The van der Waals surface area contributed by atoms with E-state index in [-0.39, 0.29) is 36.2 Å². The molecule has 2 aromatic rings. The molecule has 0 saturated carbocycles. The first-order valence-corrected chi connectivity index (χ1v) is 10.2. The summed E-state index contributed by atoms with van der Waals surface area (Å²) in [6.45, 7) is 7.21. The third kappa shape index (κ3) is 4.61. The lowest BCUT2D eigenvalue weighted by molar-refractivity contribution is 0.200. The summed E-state index contributed by atoms with van der Waals surface area (Å²) >= 11 is 0. The number of aryl methyl sites for hydroxylation is 4. The highest BCUT2D eigenvalue weighted by atomic mass is 32.2. The molecule has 0 saturated heterocycles. The van der Waals surface area contributed by atoms with E-state index in [1.54, 1.807) is 52.0 Å². The van der Waals surface area contributed by atoms with Crippen molar-refractivity contribution in [2.75, 3.05) is 26.4 Å². The van der Waals surface area contributed by atoms with Crippen molar-refractivity contribution in [1.29, 1.82) is 0 Å². The number of benzene rings is 2. The Morgan fingerprint density at radius 1 is 0.704 bits per heavy atom. The van der Waals surface area contributed by atoms with E-state index in [9.17, 15) is 8.42 Å². The molecule has 0 atom stereocenters. The van der Waals surface area contributed by atoms with Crippen LogP contribution in [0.2, 0.25) is 0 Å². The Labute approximate surface area is 160 Å². The van der Waals surface area contributed by atoms with E-state index in [2.05, 4.69) is 0 Å². The molecule has 0 aliphatic carbocycles. The summed E-state index contributed by atoms with van der Waals surface area (Å²) in [6, 6.07) is 6.32. The first-order valence-electron chi connectivity index (χ1n) is 8.67. The van der Waals surface area contributed by atoms with Crippen molar-refractivity contribution in [1.82, 2.24) is 0 Å². The van der Waals surface area contributed by atoms with Gasteiger partial charge in [0.15, 0.2) is 0 Å². The summed E-state index contributed by atoms with van der Waals surface area (Å²) in [5, 5.41) is 17.9. The largest absolute Gasteiger partial charge is 0.491 e. The van der Waals surface area contributed by atoms with Crippen LogP contribution < -0.4 is 9.47 Å². The fourth-order valence-corrected chi connectivity index (χ4v) is 4.62. The van der Waals surface area contributed by atoms with Crippen molar-refractivity contribution >= 4 is 9.84 Å². The van der Waals surface area contributed by atoms with Crippen LogP contribution in [0.4, 0.5) is 0 Å². The predicted molar refractivity (Wildman–Crippen MR) is 102 cm³/mol. The molecule has 27 heavy (non-hydrogen) atoms. The summed E-state index contributed by atoms with van der Waals surface area (Å²) in [6.07, 6.45) is 0. The van der Waals surface area contributed by atoms with Gasteiger partial charge in [0.05, 0.1) is 23.0 Å². The second-order valence-corrected chi connectivity index (χ2v) is 8.37.